The molecule has 4 N–H and O–H groups in total. The van der Waals surface area contributed by atoms with E-state index >= 15 is 0 Å². The summed E-state index contributed by atoms with van der Waals surface area (Å²) in [6.45, 7) is 2.28. The van der Waals surface area contributed by atoms with Crippen LogP contribution in [0, 0.1) is 0 Å². The molecule has 0 aromatic carbocycles. The quantitative estimate of drug-likeness (QED) is 0.0146. The molecule has 18 heteroatoms. The van der Waals surface area contributed by atoms with E-state index in [1.165, 1.54) is 38.5 Å². The fourth-order valence-corrected chi connectivity index (χ4v) is 11.7. The molecule has 0 amide bonds. The highest BCUT2D eigenvalue weighted by Crippen LogP contribution is 2.45. The van der Waals surface area contributed by atoms with Crippen molar-refractivity contribution in [3.05, 3.63) is 182 Å². The maximum absolute atomic E-state index is 13.0. The molecule has 0 aliphatic carbocycles. The highest BCUT2D eigenvalue weighted by Gasteiger charge is 2.29. The Hall–Kier alpha value is -5.35. The first-order chi connectivity index (χ1) is 51.2. The van der Waals surface area contributed by atoms with Gasteiger partial charge in [-0.15, -0.1) is 0 Å². The van der Waals surface area contributed by atoms with Crippen molar-refractivity contribution in [1.82, 2.24) is 0 Å². The normalized spacial score (nSPS) is 14.9. The van der Waals surface area contributed by atoms with Crippen LogP contribution in [0.1, 0.15) is 290 Å². The van der Waals surface area contributed by atoms with E-state index in [2.05, 4.69) is 203 Å². The van der Waals surface area contributed by atoms with E-state index in [9.17, 15) is 43.5 Å². The molecule has 0 saturated carbocycles. The van der Waals surface area contributed by atoms with Gasteiger partial charge < -0.3 is 34.2 Å². The number of aliphatic hydroxyl groups is 2. The van der Waals surface area contributed by atoms with Crippen LogP contribution >= 0.6 is 15.6 Å². The fraction of sp³-hybridized carbons (Fsp3) is 0.621. The molecule has 5 unspecified atom stereocenters. The second-order valence-electron chi connectivity index (χ2n) is 26.1. The SMILES string of the molecule is CC/C=C\C/C=C\C/C=C\C/C=C\C/C=C\CCCCCCCCCCCCCC(=O)OCC(O)COP(=O)(O)OCC(O)COP(=O)(O)OCC(COC(=O)CCCCCCC/C=C\C/C=C\C/C=C\C/C=C\C/C=C\CC)OC(=O)CCCCCCC/C=C\C/C=C\C/C=C\C/C=C\C/C=C\CC. The molecular formula is C87H142O16P2. The van der Waals surface area contributed by atoms with Crippen molar-refractivity contribution in [2.75, 3.05) is 39.6 Å². The molecule has 0 bridgehead atoms. The van der Waals surface area contributed by atoms with Gasteiger partial charge in [0.1, 0.15) is 25.4 Å². The standard InChI is InChI=1S/C87H142O16P2/c1-4-7-10-13-16-19-22-25-28-31-34-37-38-39-40-41-42-45-47-49-52-55-58-61-64-67-70-73-85(90)97-76-82(88)77-99-104(93,94)100-78-83(89)79-101-105(95,96)102-81-84(103-87(92)75-72-69-66-63-60-57-54-51-48-44-36-33-30-27-24-21-18-15-12-9-6-3)80-98-86(91)74-71-68-65-62-59-56-53-50-46-43-35-32-29-26-23-20-17-14-11-8-5-2/h7-12,16-21,25-30,34-37,39-40,43-44,50-51,53-54,82-84,88-89H,4-6,13-15,22-24,31-33,38,41-42,45-49,52,55-81H2,1-3H3,(H,93,94)(H,95,96)/b10-7-,11-8-,12-9-,19-16-,20-17-,21-18-,28-25-,29-26-,30-27-,37-34-,40-39-,43-35-,44-36-,53-50-,54-51-. The minimum Gasteiger partial charge on any atom is -0.463 e. The van der Waals surface area contributed by atoms with Gasteiger partial charge in [-0.25, -0.2) is 9.13 Å². The zero-order valence-electron chi connectivity index (χ0n) is 65.1. The van der Waals surface area contributed by atoms with Crippen molar-refractivity contribution in [2.45, 2.75) is 309 Å². The van der Waals surface area contributed by atoms with Crippen molar-refractivity contribution in [2.24, 2.45) is 0 Å². The first-order valence-corrected chi connectivity index (χ1v) is 43.1. The fourth-order valence-electron chi connectivity index (χ4n) is 10.1. The molecule has 0 aromatic heterocycles. The molecule has 0 heterocycles. The van der Waals surface area contributed by atoms with Gasteiger partial charge in [0, 0.05) is 19.3 Å². The second kappa shape index (κ2) is 78.2. The number of hydrogen-bond donors (Lipinski definition) is 4. The molecule has 0 spiro atoms. The minimum atomic E-state index is -4.95. The summed E-state index contributed by atoms with van der Waals surface area (Å²) in [5, 5.41) is 20.7. The predicted molar refractivity (Wildman–Crippen MR) is 435 cm³/mol. The molecule has 596 valence electrons. The van der Waals surface area contributed by atoms with Crippen molar-refractivity contribution in [3.63, 3.8) is 0 Å². The summed E-state index contributed by atoms with van der Waals surface area (Å²) >= 11 is 0. The maximum atomic E-state index is 13.0. The molecule has 0 fully saturated rings. The third-order valence-corrected chi connectivity index (χ3v) is 18.0. The average Bonchev–Trinajstić information content (AvgIpc) is 0.922. The molecule has 5 atom stereocenters. The molecule has 0 aliphatic rings. The predicted octanol–water partition coefficient (Wildman–Crippen LogP) is 23.8. The van der Waals surface area contributed by atoms with Crippen LogP contribution < -0.4 is 0 Å². The summed E-state index contributed by atoms with van der Waals surface area (Å²) in [7, 11) is -9.82. The van der Waals surface area contributed by atoms with Gasteiger partial charge in [0.2, 0.25) is 0 Å². The lowest BCUT2D eigenvalue weighted by molar-refractivity contribution is -0.161. The van der Waals surface area contributed by atoms with Crippen LogP contribution in [0.25, 0.3) is 0 Å². The summed E-state index contributed by atoms with van der Waals surface area (Å²) in [4.78, 5) is 58.8. The molecule has 0 saturated heterocycles. The van der Waals surface area contributed by atoms with Crippen LogP contribution in [-0.2, 0) is 55.8 Å². The summed E-state index contributed by atoms with van der Waals surface area (Å²) in [6.07, 6.45) is 101. The number of rotatable bonds is 74. The third kappa shape index (κ3) is 79.5. The number of ether oxygens (including phenoxy) is 3. The van der Waals surface area contributed by atoms with E-state index < -0.39 is 91.5 Å². The molecule has 0 radical (unpaired) electrons. The largest absolute Gasteiger partial charge is 0.472 e. The monoisotopic (exact) mass is 1500 g/mol. The van der Waals surface area contributed by atoms with Crippen LogP contribution in [0.5, 0.6) is 0 Å². The molecule has 105 heavy (non-hydrogen) atoms. The van der Waals surface area contributed by atoms with Crippen LogP contribution in [-0.4, -0.2) is 95.9 Å². The van der Waals surface area contributed by atoms with Gasteiger partial charge in [-0.1, -0.05) is 299 Å². The molecule has 16 nitrogen and oxygen atoms in total. The first kappa shape index (κ1) is 99.7. The van der Waals surface area contributed by atoms with E-state index in [1.807, 2.05) is 0 Å². The van der Waals surface area contributed by atoms with E-state index in [4.69, 9.17) is 32.3 Å². The molecule has 0 aromatic rings. The van der Waals surface area contributed by atoms with E-state index in [1.54, 1.807) is 0 Å². The number of phosphoric acid groups is 2. The van der Waals surface area contributed by atoms with E-state index in [0.717, 1.165) is 193 Å². The van der Waals surface area contributed by atoms with Crippen molar-refractivity contribution >= 4 is 33.6 Å². The Kier molecular flexibility index (Phi) is 74.3. The number of phosphoric ester groups is 2. The number of allylic oxidation sites excluding steroid dienone is 30. The van der Waals surface area contributed by atoms with Gasteiger partial charge >= 0.3 is 33.6 Å². The summed E-state index contributed by atoms with van der Waals surface area (Å²) in [6, 6.07) is 0. The maximum Gasteiger partial charge on any atom is 0.472 e. The Morgan fingerprint density at radius 3 is 0.752 bits per heavy atom. The van der Waals surface area contributed by atoms with Gasteiger partial charge in [0.05, 0.1) is 26.4 Å². The lowest BCUT2D eigenvalue weighted by Gasteiger charge is -2.21. The summed E-state index contributed by atoms with van der Waals surface area (Å²) in [5.74, 6) is -1.63. The minimum absolute atomic E-state index is 0.0705. The van der Waals surface area contributed by atoms with Gasteiger partial charge in [0.15, 0.2) is 6.10 Å². The van der Waals surface area contributed by atoms with Crippen molar-refractivity contribution in [1.29, 1.82) is 0 Å². The van der Waals surface area contributed by atoms with Crippen molar-refractivity contribution < 1.29 is 75.8 Å². The highest BCUT2D eigenvalue weighted by atomic mass is 31.2. The lowest BCUT2D eigenvalue weighted by Crippen LogP contribution is -2.30. The Bertz CT molecular complexity index is 2640. The number of unbranched alkanes of at least 4 members (excludes halogenated alkanes) is 21. The second-order valence-corrected chi connectivity index (χ2v) is 29.0. The zero-order valence-corrected chi connectivity index (χ0v) is 66.9. The third-order valence-electron chi connectivity index (χ3n) is 16.1. The van der Waals surface area contributed by atoms with Crippen LogP contribution in [0.4, 0.5) is 0 Å². The summed E-state index contributed by atoms with van der Waals surface area (Å²) in [5.41, 5.74) is 0. The van der Waals surface area contributed by atoms with Crippen molar-refractivity contribution in [3.8, 4) is 0 Å². The van der Waals surface area contributed by atoms with Crippen LogP contribution in [0.3, 0.4) is 0 Å². The van der Waals surface area contributed by atoms with Gasteiger partial charge in [0.25, 0.3) is 0 Å². The molecular weight excluding hydrogens is 1360 g/mol. The van der Waals surface area contributed by atoms with Crippen LogP contribution in [0.15, 0.2) is 182 Å². The van der Waals surface area contributed by atoms with Gasteiger partial charge in [-0.2, -0.15) is 0 Å². The highest BCUT2D eigenvalue weighted by molar-refractivity contribution is 7.47. The topological polar surface area (TPSA) is 231 Å². The smallest absolute Gasteiger partial charge is 0.463 e. The van der Waals surface area contributed by atoms with E-state index in [-0.39, 0.29) is 19.3 Å². The number of carbonyl (C=O) groups excluding carboxylic acids is 3. The van der Waals surface area contributed by atoms with Gasteiger partial charge in [-0.05, 0) is 154 Å². The summed E-state index contributed by atoms with van der Waals surface area (Å²) < 4.78 is 61.2. The van der Waals surface area contributed by atoms with Gasteiger partial charge in [-0.3, -0.25) is 32.5 Å². The first-order valence-electron chi connectivity index (χ1n) is 40.1. The molecule has 0 rings (SSSR count). The Morgan fingerprint density at radius 1 is 0.267 bits per heavy atom. The molecule has 0 aliphatic heterocycles. The average molecular weight is 1510 g/mol. The number of esters is 3. The van der Waals surface area contributed by atoms with E-state index in [0.29, 0.717) is 19.3 Å². The zero-order chi connectivity index (χ0) is 76.6. The Morgan fingerprint density at radius 2 is 0.476 bits per heavy atom. The number of aliphatic hydroxyl groups excluding tert-OH is 2. The number of hydrogen-bond acceptors (Lipinski definition) is 14. The van der Waals surface area contributed by atoms with Crippen LogP contribution in [0.2, 0.25) is 0 Å². The Labute approximate surface area is 636 Å². The Balaban J connectivity index is 4.69. The lowest BCUT2D eigenvalue weighted by atomic mass is 10.0. The number of carbonyl (C=O) groups is 3.